The summed E-state index contributed by atoms with van der Waals surface area (Å²) in [6, 6.07) is 9.68. The van der Waals surface area contributed by atoms with E-state index in [2.05, 4.69) is 10.4 Å². The lowest BCUT2D eigenvalue weighted by atomic mass is 9.84. The van der Waals surface area contributed by atoms with Crippen LogP contribution < -0.4 is 11.1 Å². The average Bonchev–Trinajstić information content (AvgIpc) is 2.79. The van der Waals surface area contributed by atoms with Crippen molar-refractivity contribution in [3.63, 3.8) is 0 Å². The molecule has 0 atom stereocenters. The van der Waals surface area contributed by atoms with Gasteiger partial charge in [0.25, 0.3) is 0 Å². The summed E-state index contributed by atoms with van der Waals surface area (Å²) >= 11 is 0. The zero-order chi connectivity index (χ0) is 14.8. The summed E-state index contributed by atoms with van der Waals surface area (Å²) in [6.07, 6.45) is 1.81. The molecule has 106 valence electrons. The van der Waals surface area contributed by atoms with Gasteiger partial charge in [-0.1, -0.05) is 30.3 Å². The first-order valence-corrected chi connectivity index (χ1v) is 6.54. The molecule has 0 radical (unpaired) electrons. The van der Waals surface area contributed by atoms with Crippen molar-refractivity contribution in [3.8, 4) is 0 Å². The molecule has 0 unspecified atom stereocenters. The van der Waals surface area contributed by atoms with Gasteiger partial charge in [-0.25, -0.2) is 0 Å². The fraction of sp³-hybridized carbons (Fsp3) is 0.333. The molecule has 1 heterocycles. The minimum atomic E-state index is -0.634. The summed E-state index contributed by atoms with van der Waals surface area (Å²) in [7, 11) is 1.80. The number of nitrogens with two attached hydrogens (primary N) is 1. The summed E-state index contributed by atoms with van der Waals surface area (Å²) in [4.78, 5) is 12.5. The number of carbonyl (C=O) groups excluding carboxylic acids is 1. The van der Waals surface area contributed by atoms with E-state index in [1.165, 1.54) is 0 Å². The van der Waals surface area contributed by atoms with Crippen LogP contribution in [0.1, 0.15) is 25.0 Å². The Morgan fingerprint density at radius 2 is 2.00 bits per heavy atom. The molecule has 3 N–H and O–H groups in total. The van der Waals surface area contributed by atoms with Crippen molar-refractivity contribution >= 4 is 11.7 Å². The maximum absolute atomic E-state index is 12.5. The zero-order valence-corrected chi connectivity index (χ0v) is 12.1. The number of benzene rings is 1. The van der Waals surface area contributed by atoms with Crippen LogP contribution in [0.3, 0.4) is 0 Å². The first-order chi connectivity index (χ1) is 9.45. The molecule has 0 saturated heterocycles. The van der Waals surface area contributed by atoms with E-state index in [1.807, 2.05) is 50.4 Å². The fourth-order valence-electron chi connectivity index (χ4n) is 2.04. The number of hydrogen-bond donors (Lipinski definition) is 2. The fourth-order valence-corrected chi connectivity index (χ4v) is 2.04. The largest absolute Gasteiger partial charge is 0.326 e. The first kappa shape index (κ1) is 14.3. The monoisotopic (exact) mass is 272 g/mol. The molecule has 2 rings (SSSR count). The first-order valence-electron chi connectivity index (χ1n) is 6.54. The molecule has 0 bridgehead atoms. The van der Waals surface area contributed by atoms with E-state index >= 15 is 0 Å². The second kappa shape index (κ2) is 5.46. The Morgan fingerprint density at radius 1 is 1.35 bits per heavy atom. The summed E-state index contributed by atoms with van der Waals surface area (Å²) in [5.41, 5.74) is 6.81. The summed E-state index contributed by atoms with van der Waals surface area (Å²) < 4.78 is 1.65. The van der Waals surface area contributed by atoms with Gasteiger partial charge in [0, 0.05) is 25.4 Å². The van der Waals surface area contributed by atoms with E-state index in [9.17, 15) is 4.79 Å². The molecule has 0 aliphatic heterocycles. The van der Waals surface area contributed by atoms with E-state index in [0.29, 0.717) is 12.4 Å². The Balaban J connectivity index is 2.23. The second-order valence-corrected chi connectivity index (χ2v) is 5.33. The van der Waals surface area contributed by atoms with Crippen molar-refractivity contribution in [2.75, 3.05) is 5.32 Å². The van der Waals surface area contributed by atoms with Gasteiger partial charge in [-0.15, -0.1) is 0 Å². The van der Waals surface area contributed by atoms with Gasteiger partial charge in [-0.2, -0.15) is 5.10 Å². The summed E-state index contributed by atoms with van der Waals surface area (Å²) in [5.74, 6) is 0.432. The molecule has 0 saturated carbocycles. The minimum Gasteiger partial charge on any atom is -0.326 e. The van der Waals surface area contributed by atoms with Crippen LogP contribution in [0, 0.1) is 0 Å². The number of nitrogens with zero attached hydrogens (tertiary/aromatic N) is 2. The Morgan fingerprint density at radius 3 is 2.60 bits per heavy atom. The Hall–Kier alpha value is -2.14. The van der Waals surface area contributed by atoms with E-state index in [1.54, 1.807) is 11.7 Å². The minimum absolute atomic E-state index is 0.0999. The van der Waals surface area contributed by atoms with Crippen molar-refractivity contribution in [2.45, 2.75) is 25.8 Å². The number of carbonyl (C=O) groups is 1. The van der Waals surface area contributed by atoms with Crippen LogP contribution in [0.25, 0.3) is 0 Å². The Bertz CT molecular complexity index is 602. The summed E-state index contributed by atoms with van der Waals surface area (Å²) in [5, 5.41) is 7.10. The van der Waals surface area contributed by atoms with Crippen LogP contribution in [0.4, 0.5) is 5.82 Å². The van der Waals surface area contributed by atoms with Gasteiger partial charge >= 0.3 is 0 Å². The van der Waals surface area contributed by atoms with Crippen LogP contribution >= 0.6 is 0 Å². The van der Waals surface area contributed by atoms with Crippen LogP contribution in [-0.4, -0.2) is 15.7 Å². The number of amides is 1. The highest BCUT2D eigenvalue weighted by Crippen LogP contribution is 2.25. The van der Waals surface area contributed by atoms with Gasteiger partial charge in [0.2, 0.25) is 5.91 Å². The van der Waals surface area contributed by atoms with Gasteiger partial charge < -0.3 is 11.1 Å². The molecule has 5 heteroatoms. The smallest absolute Gasteiger partial charge is 0.235 e. The van der Waals surface area contributed by atoms with Crippen LogP contribution in [0.5, 0.6) is 0 Å². The lowest BCUT2D eigenvalue weighted by molar-refractivity contribution is -0.120. The van der Waals surface area contributed by atoms with Gasteiger partial charge in [-0.05, 0) is 19.4 Å². The third-order valence-electron chi connectivity index (χ3n) is 3.42. The zero-order valence-electron chi connectivity index (χ0n) is 12.1. The SMILES string of the molecule is Cn1cc(CN)c(NC(=O)C(C)(C)c2ccccc2)n1. The van der Waals surface area contributed by atoms with E-state index < -0.39 is 5.41 Å². The van der Waals surface area contributed by atoms with Gasteiger partial charge in [0.15, 0.2) is 5.82 Å². The topological polar surface area (TPSA) is 72.9 Å². The number of nitrogens with one attached hydrogen (secondary N) is 1. The Kier molecular flexibility index (Phi) is 3.90. The van der Waals surface area contributed by atoms with Crippen LogP contribution in [-0.2, 0) is 23.8 Å². The molecule has 20 heavy (non-hydrogen) atoms. The highest BCUT2D eigenvalue weighted by molar-refractivity contribution is 5.98. The third-order valence-corrected chi connectivity index (χ3v) is 3.42. The maximum Gasteiger partial charge on any atom is 0.235 e. The average molecular weight is 272 g/mol. The lowest BCUT2D eigenvalue weighted by Gasteiger charge is -2.23. The normalized spacial score (nSPS) is 11.4. The highest BCUT2D eigenvalue weighted by atomic mass is 16.2. The molecule has 5 nitrogen and oxygen atoms in total. The second-order valence-electron chi connectivity index (χ2n) is 5.33. The molecule has 0 spiro atoms. The van der Waals surface area contributed by atoms with E-state index in [4.69, 9.17) is 5.73 Å². The molecule has 2 aromatic rings. The third kappa shape index (κ3) is 2.72. The van der Waals surface area contributed by atoms with Crippen molar-refractivity contribution in [1.29, 1.82) is 0 Å². The lowest BCUT2D eigenvalue weighted by Crippen LogP contribution is -2.35. The summed E-state index contributed by atoms with van der Waals surface area (Å²) in [6.45, 7) is 4.13. The number of anilines is 1. The molecule has 1 aromatic carbocycles. The predicted octanol–water partition coefficient (Wildman–Crippen LogP) is 1.80. The van der Waals surface area contributed by atoms with Crippen LogP contribution in [0.15, 0.2) is 36.5 Å². The van der Waals surface area contributed by atoms with Crippen molar-refractivity contribution in [3.05, 3.63) is 47.7 Å². The number of rotatable bonds is 4. The molecule has 0 fully saturated rings. The molecule has 0 aliphatic carbocycles. The molecule has 1 aromatic heterocycles. The predicted molar refractivity (Wildman–Crippen MR) is 79.2 cm³/mol. The molecular weight excluding hydrogens is 252 g/mol. The van der Waals surface area contributed by atoms with E-state index in [0.717, 1.165) is 11.1 Å². The maximum atomic E-state index is 12.5. The van der Waals surface area contributed by atoms with Gasteiger partial charge in [-0.3, -0.25) is 9.48 Å². The van der Waals surface area contributed by atoms with Crippen LogP contribution in [0.2, 0.25) is 0 Å². The quantitative estimate of drug-likeness (QED) is 0.891. The molecular formula is C15H20N4O. The van der Waals surface area contributed by atoms with Crippen molar-refractivity contribution in [1.82, 2.24) is 9.78 Å². The Labute approximate surface area is 118 Å². The standard InChI is InChI=1S/C15H20N4O/c1-15(2,12-7-5-4-6-8-12)14(20)17-13-11(9-16)10-19(3)18-13/h4-8,10H,9,16H2,1-3H3,(H,17,18,20). The highest BCUT2D eigenvalue weighted by Gasteiger charge is 2.30. The number of aryl methyl sites for hydroxylation is 1. The number of aromatic nitrogens is 2. The van der Waals surface area contributed by atoms with Crippen molar-refractivity contribution < 1.29 is 4.79 Å². The molecule has 1 amide bonds. The van der Waals surface area contributed by atoms with E-state index in [-0.39, 0.29) is 5.91 Å². The van der Waals surface area contributed by atoms with Gasteiger partial charge in [0.05, 0.1) is 5.41 Å². The van der Waals surface area contributed by atoms with Gasteiger partial charge in [0.1, 0.15) is 0 Å². The van der Waals surface area contributed by atoms with Crippen molar-refractivity contribution in [2.24, 2.45) is 12.8 Å². The number of hydrogen-bond acceptors (Lipinski definition) is 3. The molecule has 0 aliphatic rings.